The number of hydrogen-bond donors (Lipinski definition) is 0. The molecule has 0 unspecified atom stereocenters. The fourth-order valence-electron chi connectivity index (χ4n) is 5.44. The zero-order valence-corrected chi connectivity index (χ0v) is 26.9. The molecule has 0 atom stereocenters. The van der Waals surface area contributed by atoms with Crippen molar-refractivity contribution in [3.05, 3.63) is 118 Å². The predicted molar refractivity (Wildman–Crippen MR) is 152 cm³/mol. The zero-order chi connectivity index (χ0) is 38.8. The second kappa shape index (κ2) is 12.9. The van der Waals surface area contributed by atoms with Gasteiger partial charge in [-0.1, -0.05) is 54.1 Å². The highest BCUT2D eigenvalue weighted by Crippen LogP contribution is 2.70. The van der Waals surface area contributed by atoms with E-state index in [4.69, 9.17) is 0 Å². The Labute approximate surface area is 280 Å². The first-order chi connectivity index (χ1) is 23.1. The number of benzene rings is 4. The largest absolute Gasteiger partial charge is 0.423 e. The highest BCUT2D eigenvalue weighted by molar-refractivity contribution is 8.32. The Morgan fingerprint density at radius 3 is 1.12 bits per heavy atom. The summed E-state index contributed by atoms with van der Waals surface area (Å²) >= 11 is 0. The molecule has 1 N–H and O–H groups in total. The first-order valence-electron chi connectivity index (χ1n) is 13.7. The average molecular weight is 790 g/mol. The van der Waals surface area contributed by atoms with Crippen molar-refractivity contribution in [3.63, 3.8) is 0 Å². The van der Waals surface area contributed by atoms with Crippen molar-refractivity contribution in [2.75, 3.05) is 0 Å². The van der Waals surface area contributed by atoms with Crippen molar-refractivity contribution in [1.82, 2.24) is 0 Å². The van der Waals surface area contributed by atoms with Gasteiger partial charge in [0.1, 0.15) is 0 Å². The Bertz CT molecular complexity index is 1940. The van der Waals surface area contributed by atoms with E-state index in [0.717, 1.165) is 30.3 Å². The molecule has 4 rings (SSSR count). The molecule has 4 aromatic rings. The molecule has 20 heteroatoms. The van der Waals surface area contributed by atoms with Gasteiger partial charge in [-0.15, -0.1) is 8.42 Å². The van der Waals surface area contributed by atoms with E-state index in [1.54, 1.807) is 0 Å². The van der Waals surface area contributed by atoms with Crippen molar-refractivity contribution < 1.29 is 77.9 Å². The van der Waals surface area contributed by atoms with Gasteiger partial charge in [-0.2, -0.15) is 65.9 Å². The summed E-state index contributed by atoms with van der Waals surface area (Å²) in [5.41, 5.74) is -20.9. The quantitative estimate of drug-likeness (QED) is 0.111. The van der Waals surface area contributed by atoms with Crippen LogP contribution >= 0.6 is 10.3 Å². The summed E-state index contributed by atoms with van der Waals surface area (Å²) < 4.78 is 248. The summed E-state index contributed by atoms with van der Waals surface area (Å²) in [5.74, 6) is 0. The van der Waals surface area contributed by atoms with E-state index in [9.17, 15) is 74.3 Å². The summed E-state index contributed by atoms with van der Waals surface area (Å²) in [6, 6.07) is 15.8. The smallest absolute Gasteiger partial charge is 0.258 e. The van der Waals surface area contributed by atoms with Crippen LogP contribution in [0.4, 0.5) is 65.9 Å². The normalized spacial score (nSPS) is 14.1. The molecule has 0 fully saturated rings. The Kier molecular flexibility index (Phi) is 10.1. The van der Waals surface area contributed by atoms with E-state index in [-0.39, 0.29) is 20.2 Å². The molecular weight excluding hydrogens is 769 g/mol. The maximum absolute atomic E-state index is 14.6. The Hall–Kier alpha value is -3.91. The lowest BCUT2D eigenvalue weighted by atomic mass is 9.89. The Morgan fingerprint density at radius 2 is 0.804 bits per heavy atom. The van der Waals surface area contributed by atoms with Crippen molar-refractivity contribution in [2.24, 2.45) is 0 Å². The van der Waals surface area contributed by atoms with Crippen molar-refractivity contribution >= 4 is 20.4 Å². The molecular formula is C31H20F15O3S2+. The van der Waals surface area contributed by atoms with Crippen molar-refractivity contribution in [3.8, 4) is 0 Å². The number of hydrogen-bond acceptors (Lipinski definition) is 2. The lowest BCUT2D eigenvalue weighted by molar-refractivity contribution is -0.191. The number of halogens is 15. The molecule has 0 saturated heterocycles. The standard InChI is InChI=1S/C31H19F15O3S2/c1-16-13-14-20(17(2)15-16)50(18-9-5-3-6-10-18,19-11-7-4-8-12-19)49-51(47,48)26-24(30(41,42)43)22(28(35,36)37)21(27(32,33)34)23(29(38,39)40)25(26)31(44,45)46/h3-15H,1-2H3/p+1. The van der Waals surface area contributed by atoms with Crippen LogP contribution < -0.4 is 0 Å². The Balaban J connectivity index is 2.41. The molecule has 0 aliphatic rings. The van der Waals surface area contributed by atoms with Gasteiger partial charge in [0, 0.05) is 0 Å². The van der Waals surface area contributed by atoms with E-state index in [1.807, 2.05) is 0 Å². The SMILES string of the molecule is Cc1ccc(S([OH+]S(=O)(=O)c2c(C(F)(F)F)c(C(F)(F)F)c(C(F)(F)F)c(C(F)(F)F)c2C(F)(F)F)(c2ccccc2)c2ccccc2)c(C)c1. The fourth-order valence-corrected chi connectivity index (χ4v) is 11.6. The van der Waals surface area contributed by atoms with Gasteiger partial charge in [-0.05, 0) is 49.7 Å². The molecule has 0 radical (unpaired) electrons. The van der Waals surface area contributed by atoms with Gasteiger partial charge in [-0.25, -0.2) is 0 Å². The van der Waals surface area contributed by atoms with Gasteiger partial charge in [0.05, 0.1) is 52.8 Å². The van der Waals surface area contributed by atoms with Gasteiger partial charge < -0.3 is 0 Å². The molecule has 278 valence electrons. The van der Waals surface area contributed by atoms with Crippen molar-refractivity contribution in [2.45, 2.75) is 64.3 Å². The van der Waals surface area contributed by atoms with Crippen LogP contribution in [0, 0.1) is 13.8 Å². The third-order valence-corrected chi connectivity index (χ3v) is 12.8. The molecule has 0 aliphatic heterocycles. The minimum atomic E-state index is -7.20. The molecule has 0 amide bonds. The number of aryl methyl sites for hydroxylation is 2. The second-order valence-corrected chi connectivity index (χ2v) is 15.2. The van der Waals surface area contributed by atoms with E-state index in [0.29, 0.717) is 5.56 Å². The molecule has 0 bridgehead atoms. The van der Waals surface area contributed by atoms with Crippen LogP contribution in [0.3, 0.4) is 0 Å². The molecule has 3 nitrogen and oxygen atoms in total. The lowest BCUT2D eigenvalue weighted by Crippen LogP contribution is -2.35. The summed E-state index contributed by atoms with van der Waals surface area (Å²) in [4.78, 5) is -4.65. The van der Waals surface area contributed by atoms with E-state index >= 15 is 0 Å². The summed E-state index contributed by atoms with van der Waals surface area (Å²) in [5, 5.41) is 0. The monoisotopic (exact) mass is 789 g/mol. The third-order valence-electron chi connectivity index (χ3n) is 7.16. The van der Waals surface area contributed by atoms with Gasteiger partial charge in [-0.3, -0.25) is 3.63 Å². The van der Waals surface area contributed by atoms with Crippen LogP contribution in [0.25, 0.3) is 0 Å². The Morgan fingerprint density at radius 1 is 0.471 bits per heavy atom. The second-order valence-electron chi connectivity index (χ2n) is 10.7. The molecule has 0 spiro atoms. The predicted octanol–water partition coefficient (Wildman–Crippen LogP) is 12.1. The molecule has 0 saturated carbocycles. The van der Waals surface area contributed by atoms with Crippen molar-refractivity contribution in [1.29, 1.82) is 0 Å². The van der Waals surface area contributed by atoms with E-state index in [2.05, 4.69) is 3.63 Å². The third kappa shape index (κ3) is 7.53. The number of rotatable bonds is 6. The molecule has 0 aliphatic carbocycles. The van der Waals surface area contributed by atoms with Gasteiger partial charge in [0.2, 0.25) is 0 Å². The lowest BCUT2D eigenvalue weighted by Gasteiger charge is -2.37. The van der Waals surface area contributed by atoms with E-state index < -0.39 is 84.0 Å². The van der Waals surface area contributed by atoms with Gasteiger partial charge >= 0.3 is 41.0 Å². The minimum Gasteiger partial charge on any atom is -0.258 e. The molecule has 51 heavy (non-hydrogen) atoms. The topological polar surface area (TPSA) is 46.9 Å². The highest BCUT2D eigenvalue weighted by atomic mass is 32.3. The summed E-state index contributed by atoms with van der Waals surface area (Å²) in [7, 11) is -11.4. The fraction of sp³-hybridized carbons (Fsp3) is 0.226. The maximum atomic E-state index is 14.6. The summed E-state index contributed by atoms with van der Waals surface area (Å²) in [6.45, 7) is 2.83. The van der Waals surface area contributed by atoms with Crippen LogP contribution in [-0.2, 0) is 41.0 Å². The maximum Gasteiger partial charge on any atom is 0.423 e. The first kappa shape index (κ1) is 39.9. The van der Waals surface area contributed by atoms with Crippen LogP contribution in [0.5, 0.6) is 0 Å². The first-order valence-corrected chi connectivity index (χ1v) is 16.7. The molecule has 0 aromatic heterocycles. The van der Waals surface area contributed by atoms with Crippen LogP contribution in [0.1, 0.15) is 38.9 Å². The van der Waals surface area contributed by atoms with E-state index in [1.165, 1.54) is 62.4 Å². The zero-order valence-electron chi connectivity index (χ0n) is 25.3. The minimum absolute atomic E-state index is 0.0723. The molecule has 0 heterocycles. The summed E-state index contributed by atoms with van der Waals surface area (Å²) in [6.07, 6.45) is -35.7. The highest BCUT2D eigenvalue weighted by Gasteiger charge is 2.64. The molecule has 4 aromatic carbocycles. The van der Waals surface area contributed by atoms with Crippen LogP contribution in [-0.4, -0.2) is 12.0 Å². The number of alkyl halides is 15. The van der Waals surface area contributed by atoms with Gasteiger partial charge in [0.25, 0.3) is 0 Å². The van der Waals surface area contributed by atoms with Crippen LogP contribution in [0.2, 0.25) is 0 Å². The average Bonchev–Trinajstić information content (AvgIpc) is 2.97. The van der Waals surface area contributed by atoms with Crippen LogP contribution in [0.15, 0.2) is 98.4 Å². The van der Waals surface area contributed by atoms with Gasteiger partial charge in [0.15, 0.2) is 4.90 Å².